The van der Waals surface area contributed by atoms with Crippen LogP contribution in [0.25, 0.3) is 0 Å². The van der Waals surface area contributed by atoms with Gasteiger partial charge in [-0.3, -0.25) is 0 Å². The summed E-state index contributed by atoms with van der Waals surface area (Å²) in [6, 6.07) is 10.0. The lowest BCUT2D eigenvalue weighted by Crippen LogP contribution is -1.99. The van der Waals surface area contributed by atoms with Crippen molar-refractivity contribution in [2.45, 2.75) is 4.83 Å². The Labute approximate surface area is 133 Å². The van der Waals surface area contributed by atoms with E-state index in [1.165, 1.54) is 12.1 Å². The van der Waals surface area contributed by atoms with Crippen LogP contribution in [-0.2, 0) is 0 Å². The van der Waals surface area contributed by atoms with Gasteiger partial charge in [0, 0.05) is 10.0 Å². The van der Waals surface area contributed by atoms with Crippen LogP contribution in [0.4, 0.5) is 4.39 Å². The molecule has 2 rings (SSSR count). The van der Waals surface area contributed by atoms with Crippen molar-refractivity contribution in [3.05, 3.63) is 62.8 Å². The molecule has 2 aromatic carbocycles. The van der Waals surface area contributed by atoms with Gasteiger partial charge >= 0.3 is 0 Å². The van der Waals surface area contributed by atoms with Crippen molar-refractivity contribution in [1.82, 2.24) is 0 Å². The van der Waals surface area contributed by atoms with E-state index >= 15 is 0 Å². The summed E-state index contributed by atoms with van der Waals surface area (Å²) < 4.78 is 19.5. The van der Waals surface area contributed by atoms with Gasteiger partial charge in [0.1, 0.15) is 11.6 Å². The van der Waals surface area contributed by atoms with E-state index in [0.717, 1.165) is 10.0 Å². The van der Waals surface area contributed by atoms with Gasteiger partial charge < -0.3 is 4.74 Å². The number of benzene rings is 2. The lowest BCUT2D eigenvalue weighted by atomic mass is 10.0. The number of ether oxygens (including phenoxy) is 1. The van der Waals surface area contributed by atoms with E-state index in [1.807, 2.05) is 18.2 Å². The molecule has 1 atom stereocenters. The first-order valence-electron chi connectivity index (χ1n) is 5.46. The lowest BCUT2D eigenvalue weighted by Gasteiger charge is -2.16. The van der Waals surface area contributed by atoms with Gasteiger partial charge in [-0.25, -0.2) is 4.39 Å². The molecule has 0 aliphatic rings. The second-order valence-corrected chi connectivity index (χ2v) is 6.04. The lowest BCUT2D eigenvalue weighted by molar-refractivity contribution is 0.409. The van der Waals surface area contributed by atoms with Crippen LogP contribution in [0.3, 0.4) is 0 Å². The maximum atomic E-state index is 13.4. The van der Waals surface area contributed by atoms with E-state index in [1.54, 1.807) is 13.2 Å². The summed E-state index contributed by atoms with van der Waals surface area (Å²) in [6.45, 7) is 0. The van der Waals surface area contributed by atoms with Crippen LogP contribution < -0.4 is 4.74 Å². The fraction of sp³-hybridized carbons (Fsp3) is 0.143. The van der Waals surface area contributed by atoms with Crippen LogP contribution in [0, 0.1) is 5.82 Å². The largest absolute Gasteiger partial charge is 0.496 e. The third kappa shape index (κ3) is 3.12. The number of methoxy groups -OCH3 is 1. The normalized spacial score (nSPS) is 12.3. The standard InChI is InChI=1S/C14H10Br2ClFO/c1-19-12-6-5-8(18)7-10(12)13(16)9-3-2-4-11(15)14(9)17/h2-7,13H,1H3. The third-order valence-corrected chi connectivity index (χ3v) is 5.02. The van der Waals surface area contributed by atoms with Gasteiger partial charge in [0.15, 0.2) is 0 Å². The summed E-state index contributed by atoms with van der Waals surface area (Å²) in [4.78, 5) is -0.247. The second kappa shape index (κ2) is 6.25. The Kier molecular flexibility index (Phi) is 4.87. The van der Waals surface area contributed by atoms with Crippen LogP contribution in [0.15, 0.2) is 40.9 Å². The van der Waals surface area contributed by atoms with Crippen molar-refractivity contribution in [3.63, 3.8) is 0 Å². The van der Waals surface area contributed by atoms with Crippen LogP contribution >= 0.6 is 43.5 Å². The highest BCUT2D eigenvalue weighted by Gasteiger charge is 2.19. The Morgan fingerprint density at radius 2 is 1.95 bits per heavy atom. The molecule has 1 unspecified atom stereocenters. The maximum absolute atomic E-state index is 13.4. The van der Waals surface area contributed by atoms with Crippen molar-refractivity contribution in [2.75, 3.05) is 7.11 Å². The van der Waals surface area contributed by atoms with E-state index in [4.69, 9.17) is 16.3 Å². The number of rotatable bonds is 3. The van der Waals surface area contributed by atoms with Gasteiger partial charge in [0.05, 0.1) is 17.0 Å². The Morgan fingerprint density at radius 3 is 2.63 bits per heavy atom. The van der Waals surface area contributed by atoms with Crippen LogP contribution in [0.5, 0.6) is 5.75 Å². The first-order valence-corrected chi connectivity index (χ1v) is 7.54. The average molecular weight is 408 g/mol. The molecule has 0 aromatic heterocycles. The maximum Gasteiger partial charge on any atom is 0.123 e. The van der Waals surface area contributed by atoms with Gasteiger partial charge in [-0.05, 0) is 45.8 Å². The van der Waals surface area contributed by atoms with Crippen molar-refractivity contribution in [1.29, 1.82) is 0 Å². The molecule has 100 valence electrons. The molecule has 0 saturated carbocycles. The number of alkyl halides is 1. The summed E-state index contributed by atoms with van der Waals surface area (Å²) in [5.41, 5.74) is 1.54. The van der Waals surface area contributed by atoms with E-state index in [9.17, 15) is 4.39 Å². The minimum absolute atomic E-state index is 0.247. The van der Waals surface area contributed by atoms with Crippen molar-refractivity contribution in [3.8, 4) is 5.75 Å². The molecule has 0 bridgehead atoms. The molecule has 0 aliphatic heterocycles. The minimum atomic E-state index is -0.314. The van der Waals surface area contributed by atoms with Crippen LogP contribution in [-0.4, -0.2) is 7.11 Å². The fourth-order valence-corrected chi connectivity index (χ4v) is 3.27. The summed E-state index contributed by atoms with van der Waals surface area (Å²) in [6.07, 6.45) is 0. The van der Waals surface area contributed by atoms with Crippen molar-refractivity contribution in [2.24, 2.45) is 0 Å². The van der Waals surface area contributed by atoms with E-state index in [0.29, 0.717) is 16.3 Å². The fourth-order valence-electron chi connectivity index (χ4n) is 1.79. The summed E-state index contributed by atoms with van der Waals surface area (Å²) in [7, 11) is 1.55. The Bertz CT molecular complexity index is 604. The SMILES string of the molecule is COc1ccc(F)cc1C(Br)c1cccc(Br)c1Cl. The zero-order valence-electron chi connectivity index (χ0n) is 9.96. The highest BCUT2D eigenvalue weighted by Crippen LogP contribution is 2.41. The average Bonchev–Trinajstić information content (AvgIpc) is 2.41. The molecule has 0 fully saturated rings. The highest BCUT2D eigenvalue weighted by atomic mass is 79.9. The number of halogens is 4. The van der Waals surface area contributed by atoms with E-state index < -0.39 is 0 Å². The van der Waals surface area contributed by atoms with E-state index in [-0.39, 0.29) is 10.6 Å². The van der Waals surface area contributed by atoms with Crippen LogP contribution in [0.2, 0.25) is 5.02 Å². The number of hydrogen-bond donors (Lipinski definition) is 0. The highest BCUT2D eigenvalue weighted by molar-refractivity contribution is 9.10. The molecular weight excluding hydrogens is 398 g/mol. The summed E-state index contributed by atoms with van der Waals surface area (Å²) in [5.74, 6) is 0.297. The summed E-state index contributed by atoms with van der Waals surface area (Å²) >= 11 is 13.2. The molecule has 5 heteroatoms. The zero-order chi connectivity index (χ0) is 14.0. The van der Waals surface area contributed by atoms with Crippen molar-refractivity contribution < 1.29 is 9.13 Å². The molecule has 2 aromatic rings. The molecule has 0 radical (unpaired) electrons. The zero-order valence-corrected chi connectivity index (χ0v) is 13.9. The predicted molar refractivity (Wildman–Crippen MR) is 82.9 cm³/mol. The molecule has 0 saturated heterocycles. The Hall–Kier alpha value is -0.580. The predicted octanol–water partition coefficient (Wildman–Crippen LogP) is 5.73. The Balaban J connectivity index is 2.52. The molecule has 19 heavy (non-hydrogen) atoms. The molecule has 0 aliphatic carbocycles. The first kappa shape index (κ1) is 14.8. The molecule has 0 N–H and O–H groups in total. The smallest absolute Gasteiger partial charge is 0.123 e. The third-order valence-electron chi connectivity index (χ3n) is 2.72. The monoisotopic (exact) mass is 406 g/mol. The van der Waals surface area contributed by atoms with Crippen LogP contribution in [0.1, 0.15) is 16.0 Å². The molecule has 0 spiro atoms. The Morgan fingerprint density at radius 1 is 1.21 bits per heavy atom. The van der Waals surface area contributed by atoms with Gasteiger partial charge in [-0.15, -0.1) is 0 Å². The van der Waals surface area contributed by atoms with Gasteiger partial charge in [-0.2, -0.15) is 0 Å². The minimum Gasteiger partial charge on any atom is -0.496 e. The molecule has 1 nitrogen and oxygen atoms in total. The molecule has 0 amide bonds. The van der Waals surface area contributed by atoms with E-state index in [2.05, 4.69) is 31.9 Å². The second-order valence-electron chi connectivity index (χ2n) is 3.89. The topological polar surface area (TPSA) is 9.23 Å². The quantitative estimate of drug-likeness (QED) is 0.589. The van der Waals surface area contributed by atoms with Crippen molar-refractivity contribution >= 4 is 43.5 Å². The molecular formula is C14H10Br2ClFO. The number of hydrogen-bond acceptors (Lipinski definition) is 1. The summed E-state index contributed by atoms with van der Waals surface area (Å²) in [5, 5.41) is 0.593. The van der Waals surface area contributed by atoms with Gasteiger partial charge in [0.2, 0.25) is 0 Å². The first-order chi connectivity index (χ1) is 9.04. The van der Waals surface area contributed by atoms with Gasteiger partial charge in [-0.1, -0.05) is 39.7 Å². The van der Waals surface area contributed by atoms with Gasteiger partial charge in [0.25, 0.3) is 0 Å². The molecule has 0 heterocycles.